The summed E-state index contributed by atoms with van der Waals surface area (Å²) >= 11 is 0. The van der Waals surface area contributed by atoms with Gasteiger partial charge in [-0.1, -0.05) is 28.7 Å². The molecule has 1 aromatic carbocycles. The summed E-state index contributed by atoms with van der Waals surface area (Å²) in [6.07, 6.45) is -0.998. The molecule has 0 bridgehead atoms. The van der Waals surface area contributed by atoms with Gasteiger partial charge in [-0.2, -0.15) is 0 Å². The Bertz CT molecular complexity index is 609. The maximum atomic E-state index is 13.9. The Balaban J connectivity index is 2.00. The normalized spacial score (nSPS) is 19.0. The van der Waals surface area contributed by atoms with Crippen LogP contribution in [0.3, 0.4) is 0 Å². The zero-order chi connectivity index (χ0) is 19.0. The smallest absolute Gasteiger partial charge is 0.442 e. The van der Waals surface area contributed by atoms with Crippen molar-refractivity contribution < 1.29 is 23.3 Å². The summed E-state index contributed by atoms with van der Waals surface area (Å²) in [4.78, 5) is 11.7. The van der Waals surface area contributed by atoms with Crippen molar-refractivity contribution in [3.8, 4) is 0 Å². The molecule has 1 aromatic rings. The maximum Gasteiger partial charge on any atom is 0.494 e. The van der Waals surface area contributed by atoms with Crippen LogP contribution in [0, 0.1) is 0 Å². The van der Waals surface area contributed by atoms with Crippen molar-refractivity contribution in [2.45, 2.75) is 71.8 Å². The third kappa shape index (κ3) is 4.73. The van der Waals surface area contributed by atoms with Gasteiger partial charge in [0.15, 0.2) is 0 Å². The maximum absolute atomic E-state index is 13.9. The molecule has 2 rings (SSSR count). The lowest BCUT2D eigenvalue weighted by Gasteiger charge is -2.32. The SMILES string of the molecule is CC(C)(C)OC(=O)N(F)Cc1ccc(B2OC(C)(C)C(C)(C)O2)cc1. The molecule has 0 N–H and O–H groups in total. The Morgan fingerprint density at radius 1 is 1.12 bits per heavy atom. The highest BCUT2D eigenvalue weighted by molar-refractivity contribution is 6.62. The summed E-state index contributed by atoms with van der Waals surface area (Å²) < 4.78 is 30.9. The van der Waals surface area contributed by atoms with Gasteiger partial charge in [0.25, 0.3) is 0 Å². The first-order valence-electron chi connectivity index (χ1n) is 8.41. The van der Waals surface area contributed by atoms with Crippen molar-refractivity contribution in [2.24, 2.45) is 0 Å². The highest BCUT2D eigenvalue weighted by Gasteiger charge is 2.51. The first-order valence-corrected chi connectivity index (χ1v) is 8.41. The quantitative estimate of drug-likeness (QED) is 0.617. The fourth-order valence-corrected chi connectivity index (χ4v) is 2.30. The number of hydrogen-bond donors (Lipinski definition) is 0. The van der Waals surface area contributed by atoms with Crippen molar-refractivity contribution in [1.29, 1.82) is 0 Å². The van der Waals surface area contributed by atoms with Crippen LogP contribution in [0.5, 0.6) is 0 Å². The highest BCUT2D eigenvalue weighted by Crippen LogP contribution is 2.36. The topological polar surface area (TPSA) is 48.0 Å². The standard InChI is InChI=1S/C18H27BFNO4/c1-16(2,3)23-15(22)21(20)12-13-8-10-14(11-9-13)19-24-17(4,5)18(6,7)25-19/h8-11H,12H2,1-7H3. The van der Waals surface area contributed by atoms with E-state index in [1.54, 1.807) is 32.9 Å². The molecule has 1 amide bonds. The molecule has 0 radical (unpaired) electrons. The first kappa shape index (κ1) is 19.7. The minimum absolute atomic E-state index is 0.0645. The van der Waals surface area contributed by atoms with E-state index in [1.807, 2.05) is 39.8 Å². The molecule has 0 spiro atoms. The van der Waals surface area contributed by atoms with Crippen molar-refractivity contribution in [3.05, 3.63) is 29.8 Å². The Labute approximate surface area is 149 Å². The Hall–Kier alpha value is -1.60. The van der Waals surface area contributed by atoms with Crippen LogP contribution in [0.1, 0.15) is 54.0 Å². The zero-order valence-electron chi connectivity index (χ0n) is 16.1. The molecule has 7 heteroatoms. The minimum Gasteiger partial charge on any atom is -0.442 e. The van der Waals surface area contributed by atoms with E-state index < -0.39 is 30.0 Å². The van der Waals surface area contributed by atoms with Gasteiger partial charge in [0.05, 0.1) is 17.7 Å². The lowest BCUT2D eigenvalue weighted by molar-refractivity contribution is -0.0350. The molecule has 0 saturated carbocycles. The van der Waals surface area contributed by atoms with E-state index in [9.17, 15) is 9.28 Å². The largest absolute Gasteiger partial charge is 0.494 e. The van der Waals surface area contributed by atoms with Gasteiger partial charge >= 0.3 is 13.2 Å². The van der Waals surface area contributed by atoms with Crippen LogP contribution in [0.2, 0.25) is 0 Å². The lowest BCUT2D eigenvalue weighted by atomic mass is 9.79. The molecule has 0 atom stereocenters. The molecule has 1 aliphatic heterocycles. The van der Waals surface area contributed by atoms with Gasteiger partial charge in [0.2, 0.25) is 0 Å². The summed E-state index contributed by atoms with van der Waals surface area (Å²) in [7, 11) is -0.466. The van der Waals surface area contributed by atoms with E-state index in [0.717, 1.165) is 5.46 Å². The number of ether oxygens (including phenoxy) is 1. The average molecular weight is 351 g/mol. The number of benzene rings is 1. The fraction of sp³-hybridized carbons (Fsp3) is 0.611. The van der Waals surface area contributed by atoms with E-state index in [0.29, 0.717) is 5.56 Å². The van der Waals surface area contributed by atoms with Crippen LogP contribution in [-0.2, 0) is 20.6 Å². The second-order valence-corrected chi connectivity index (χ2v) is 8.33. The molecule has 0 aromatic heterocycles. The van der Waals surface area contributed by atoms with Gasteiger partial charge in [0.1, 0.15) is 5.60 Å². The minimum atomic E-state index is -0.998. The molecule has 1 heterocycles. The predicted octanol–water partition coefficient (Wildman–Crippen LogP) is 3.61. The van der Waals surface area contributed by atoms with Gasteiger partial charge in [0, 0.05) is 0 Å². The van der Waals surface area contributed by atoms with Gasteiger partial charge in [-0.3, -0.25) is 0 Å². The third-order valence-electron chi connectivity index (χ3n) is 4.42. The van der Waals surface area contributed by atoms with Crippen molar-refractivity contribution >= 4 is 18.7 Å². The van der Waals surface area contributed by atoms with E-state index in [4.69, 9.17) is 14.0 Å². The monoisotopic (exact) mass is 351 g/mol. The Morgan fingerprint density at radius 2 is 1.60 bits per heavy atom. The van der Waals surface area contributed by atoms with Gasteiger partial charge < -0.3 is 14.0 Å². The molecule has 1 saturated heterocycles. The fourth-order valence-electron chi connectivity index (χ4n) is 2.30. The van der Waals surface area contributed by atoms with Crippen LogP contribution < -0.4 is 5.46 Å². The molecular formula is C18H27BFNO4. The summed E-state index contributed by atoms with van der Waals surface area (Å²) in [6, 6.07) is 7.13. The summed E-state index contributed by atoms with van der Waals surface area (Å²) in [5, 5.41) is 0.0645. The molecular weight excluding hydrogens is 324 g/mol. The van der Waals surface area contributed by atoms with Crippen LogP contribution in [0.4, 0.5) is 9.28 Å². The van der Waals surface area contributed by atoms with Crippen LogP contribution in [0.15, 0.2) is 24.3 Å². The number of carbonyl (C=O) groups excluding carboxylic acids is 1. The number of halogens is 1. The summed E-state index contributed by atoms with van der Waals surface area (Å²) in [5.74, 6) is 0. The second-order valence-electron chi connectivity index (χ2n) is 8.33. The van der Waals surface area contributed by atoms with Crippen LogP contribution in [0.25, 0.3) is 0 Å². The number of hydrogen-bond acceptors (Lipinski definition) is 4. The second kappa shape index (κ2) is 6.61. The van der Waals surface area contributed by atoms with Gasteiger partial charge in [-0.25, -0.2) is 4.79 Å². The predicted molar refractivity (Wildman–Crippen MR) is 95.0 cm³/mol. The van der Waals surface area contributed by atoms with Gasteiger partial charge in [-0.15, -0.1) is 5.12 Å². The third-order valence-corrected chi connectivity index (χ3v) is 4.42. The molecule has 5 nitrogen and oxygen atoms in total. The Morgan fingerprint density at radius 3 is 2.04 bits per heavy atom. The summed E-state index contributed by atoms with van der Waals surface area (Å²) in [5.41, 5.74) is -0.0631. The Kier molecular flexibility index (Phi) is 5.22. The first-order chi connectivity index (χ1) is 11.3. The number of nitrogens with zero attached hydrogens (tertiary/aromatic N) is 1. The van der Waals surface area contributed by atoms with Gasteiger partial charge in [-0.05, 0) is 59.5 Å². The van der Waals surface area contributed by atoms with Crippen molar-refractivity contribution in [3.63, 3.8) is 0 Å². The van der Waals surface area contributed by atoms with Crippen LogP contribution in [-0.4, -0.2) is 35.1 Å². The van der Waals surface area contributed by atoms with Crippen molar-refractivity contribution in [1.82, 2.24) is 5.12 Å². The van der Waals surface area contributed by atoms with E-state index in [-0.39, 0.29) is 11.7 Å². The van der Waals surface area contributed by atoms with Crippen LogP contribution >= 0.6 is 0 Å². The zero-order valence-corrected chi connectivity index (χ0v) is 16.1. The number of carbonyl (C=O) groups is 1. The number of amides is 1. The molecule has 1 fully saturated rings. The molecule has 0 aliphatic carbocycles. The molecule has 25 heavy (non-hydrogen) atoms. The molecule has 1 aliphatic rings. The molecule has 138 valence electrons. The van der Waals surface area contributed by atoms with E-state index >= 15 is 0 Å². The summed E-state index contributed by atoms with van der Waals surface area (Å²) in [6.45, 7) is 12.9. The molecule has 0 unspecified atom stereocenters. The highest BCUT2D eigenvalue weighted by atomic mass is 19.2. The number of rotatable bonds is 3. The average Bonchev–Trinajstić information content (AvgIpc) is 2.66. The van der Waals surface area contributed by atoms with Crippen molar-refractivity contribution in [2.75, 3.05) is 0 Å². The van der Waals surface area contributed by atoms with E-state index in [1.165, 1.54) is 0 Å². The van der Waals surface area contributed by atoms with E-state index in [2.05, 4.69) is 0 Å². The lowest BCUT2D eigenvalue weighted by Crippen LogP contribution is -2.41.